The van der Waals surface area contributed by atoms with Crippen molar-refractivity contribution in [2.75, 3.05) is 6.16 Å². The zero-order valence-electron chi connectivity index (χ0n) is 13.9. The summed E-state index contributed by atoms with van der Waals surface area (Å²) in [5.74, 6) is -0.187. The maximum absolute atomic E-state index is 14.4. The van der Waals surface area contributed by atoms with Gasteiger partial charge < -0.3 is 4.57 Å². The van der Waals surface area contributed by atoms with Gasteiger partial charge in [-0.2, -0.15) is 0 Å². The third-order valence-corrected chi connectivity index (χ3v) is 8.49. The van der Waals surface area contributed by atoms with Gasteiger partial charge in [0.1, 0.15) is 13.0 Å². The molecular weight excluding hydrogens is 330 g/mol. The molecule has 1 nitrogen and oxygen atoms in total. The van der Waals surface area contributed by atoms with Gasteiger partial charge in [0.25, 0.3) is 0 Å². The number of halogens is 1. The summed E-state index contributed by atoms with van der Waals surface area (Å²) >= 11 is 0. The predicted molar refractivity (Wildman–Crippen MR) is 102 cm³/mol. The fourth-order valence-corrected chi connectivity index (χ4v) is 6.96. The topological polar surface area (TPSA) is 17.1 Å². The molecule has 1 saturated carbocycles. The first-order chi connectivity index (χ1) is 12.1. The molecule has 126 valence electrons. The molecule has 0 unspecified atom stereocenters. The van der Waals surface area contributed by atoms with E-state index in [9.17, 15) is 8.96 Å². The Morgan fingerprint density at radius 3 is 1.72 bits per heavy atom. The summed E-state index contributed by atoms with van der Waals surface area (Å²) < 4.78 is 28.6. The molecule has 0 spiro atoms. The number of rotatable bonds is 5. The summed E-state index contributed by atoms with van der Waals surface area (Å²) in [5.41, 5.74) is 0.397. The Balaban J connectivity index is 1.81. The normalized spacial score (nSPS) is 15.7. The molecule has 0 heterocycles. The van der Waals surface area contributed by atoms with E-state index in [2.05, 4.69) is 0 Å². The fourth-order valence-electron chi connectivity index (χ4n) is 3.65. The minimum absolute atomic E-state index is 0.187. The molecule has 1 aliphatic rings. The second kappa shape index (κ2) is 6.28. The van der Waals surface area contributed by atoms with Gasteiger partial charge in [0.15, 0.2) is 0 Å². The highest BCUT2D eigenvalue weighted by molar-refractivity contribution is 7.78. The van der Waals surface area contributed by atoms with Gasteiger partial charge in [0.2, 0.25) is 0 Å². The van der Waals surface area contributed by atoms with Crippen LogP contribution in [0.1, 0.15) is 18.4 Å². The lowest BCUT2D eigenvalue weighted by molar-refractivity contribution is 0.568. The van der Waals surface area contributed by atoms with Crippen LogP contribution in [0.3, 0.4) is 0 Å². The summed E-state index contributed by atoms with van der Waals surface area (Å²) in [5, 5.41) is 1.70. The van der Waals surface area contributed by atoms with E-state index in [4.69, 9.17) is 0 Å². The molecule has 4 rings (SSSR count). The van der Waals surface area contributed by atoms with Crippen LogP contribution in [0.15, 0.2) is 84.9 Å². The second-order valence-electron chi connectivity index (χ2n) is 6.83. The Bertz CT molecular complexity index is 874. The highest BCUT2D eigenvalue weighted by atomic mass is 31.2. The van der Waals surface area contributed by atoms with Crippen LogP contribution in [0, 0.1) is 5.82 Å². The minimum Gasteiger partial charge on any atom is -0.314 e. The van der Waals surface area contributed by atoms with E-state index >= 15 is 0 Å². The molecule has 3 aromatic rings. The van der Waals surface area contributed by atoms with Crippen LogP contribution in [0.25, 0.3) is 0 Å². The van der Waals surface area contributed by atoms with Gasteiger partial charge in [-0.15, -0.1) is 0 Å². The number of hydrogen-bond acceptors (Lipinski definition) is 1. The molecule has 3 aromatic carbocycles. The van der Waals surface area contributed by atoms with Crippen molar-refractivity contribution in [3.8, 4) is 0 Å². The van der Waals surface area contributed by atoms with Crippen molar-refractivity contribution in [3.05, 3.63) is 96.3 Å². The van der Waals surface area contributed by atoms with E-state index in [1.54, 1.807) is 6.07 Å². The summed E-state index contributed by atoms with van der Waals surface area (Å²) in [6.07, 6.45) is 2.25. The van der Waals surface area contributed by atoms with Crippen LogP contribution in [0.5, 0.6) is 0 Å². The van der Waals surface area contributed by atoms with Gasteiger partial charge in [-0.3, -0.25) is 0 Å². The molecule has 25 heavy (non-hydrogen) atoms. The first-order valence-electron chi connectivity index (χ1n) is 8.59. The smallest absolute Gasteiger partial charge is 0.144 e. The summed E-state index contributed by atoms with van der Waals surface area (Å²) in [6, 6.07) is 26.2. The molecule has 1 fully saturated rings. The van der Waals surface area contributed by atoms with Crippen LogP contribution < -0.4 is 10.6 Å². The lowest BCUT2D eigenvalue weighted by atomic mass is 9.98. The maximum atomic E-state index is 14.4. The van der Waals surface area contributed by atoms with Gasteiger partial charge in [0.05, 0.1) is 0 Å². The molecule has 1 aliphatic carbocycles. The zero-order valence-corrected chi connectivity index (χ0v) is 14.8. The lowest BCUT2D eigenvalue weighted by Gasteiger charge is -2.25. The molecular formula is C22H20FOP. The van der Waals surface area contributed by atoms with E-state index in [1.807, 2.05) is 72.8 Å². The average Bonchev–Trinajstić information content (AvgIpc) is 3.43. The van der Waals surface area contributed by atoms with Crippen LogP contribution in [-0.2, 0) is 9.98 Å². The Labute approximate surface area is 147 Å². The third-order valence-electron chi connectivity index (χ3n) is 5.17. The highest BCUT2D eigenvalue weighted by Gasteiger charge is 2.50. The van der Waals surface area contributed by atoms with Gasteiger partial charge >= 0.3 is 0 Å². The minimum atomic E-state index is -2.84. The van der Waals surface area contributed by atoms with Gasteiger partial charge in [0, 0.05) is 22.2 Å². The molecule has 0 aromatic heterocycles. The average molecular weight is 350 g/mol. The quantitative estimate of drug-likeness (QED) is 0.600. The van der Waals surface area contributed by atoms with Crippen molar-refractivity contribution in [1.82, 2.24) is 0 Å². The largest absolute Gasteiger partial charge is 0.314 e. The van der Waals surface area contributed by atoms with Crippen LogP contribution in [-0.4, -0.2) is 6.16 Å². The summed E-state index contributed by atoms with van der Waals surface area (Å²) in [6.45, 7) is 0. The van der Waals surface area contributed by atoms with E-state index in [0.717, 1.165) is 23.5 Å². The summed E-state index contributed by atoms with van der Waals surface area (Å²) in [7, 11) is -2.84. The number of benzene rings is 3. The van der Waals surface area contributed by atoms with Crippen molar-refractivity contribution in [2.24, 2.45) is 0 Å². The Kier molecular flexibility index (Phi) is 4.09. The van der Waals surface area contributed by atoms with E-state index in [1.165, 1.54) is 6.07 Å². The predicted octanol–water partition coefficient (Wildman–Crippen LogP) is 4.87. The first-order valence-corrected chi connectivity index (χ1v) is 10.5. The van der Waals surface area contributed by atoms with Gasteiger partial charge in [-0.25, -0.2) is 4.39 Å². The SMILES string of the molecule is O=P(CC1(c2ccccc2F)CC1)(c1ccccc1)c1ccccc1. The van der Waals surface area contributed by atoms with E-state index in [-0.39, 0.29) is 11.2 Å². The lowest BCUT2D eigenvalue weighted by Crippen LogP contribution is -2.25. The molecule has 0 amide bonds. The third kappa shape index (κ3) is 2.96. The summed E-state index contributed by atoms with van der Waals surface area (Å²) in [4.78, 5) is 0. The van der Waals surface area contributed by atoms with Crippen LogP contribution in [0.2, 0.25) is 0 Å². The Morgan fingerprint density at radius 2 is 1.24 bits per heavy atom. The standard InChI is InChI=1S/C22H20FOP/c23-21-14-8-7-13-20(21)22(15-16-22)17-25(24,18-9-3-1-4-10-18)19-11-5-2-6-12-19/h1-14H,15-17H2. The second-order valence-corrected chi connectivity index (χ2v) is 9.66. The first kappa shape index (κ1) is 16.3. The van der Waals surface area contributed by atoms with E-state index in [0.29, 0.717) is 11.7 Å². The zero-order chi connectivity index (χ0) is 17.3. The van der Waals surface area contributed by atoms with Crippen molar-refractivity contribution >= 4 is 17.8 Å². The molecule has 0 bridgehead atoms. The van der Waals surface area contributed by atoms with Crippen molar-refractivity contribution in [2.45, 2.75) is 18.3 Å². The molecule has 0 radical (unpaired) electrons. The molecule has 0 saturated heterocycles. The Hall–Kier alpha value is -2.18. The van der Waals surface area contributed by atoms with Crippen molar-refractivity contribution < 1.29 is 8.96 Å². The maximum Gasteiger partial charge on any atom is 0.144 e. The molecule has 0 aliphatic heterocycles. The van der Waals surface area contributed by atoms with E-state index < -0.39 is 7.14 Å². The van der Waals surface area contributed by atoms with Crippen molar-refractivity contribution in [3.63, 3.8) is 0 Å². The molecule has 0 N–H and O–H groups in total. The molecule has 0 atom stereocenters. The van der Waals surface area contributed by atoms with Crippen LogP contribution >= 0.6 is 7.14 Å². The van der Waals surface area contributed by atoms with Gasteiger partial charge in [-0.1, -0.05) is 78.9 Å². The Morgan fingerprint density at radius 1 is 0.760 bits per heavy atom. The van der Waals surface area contributed by atoms with Crippen molar-refractivity contribution in [1.29, 1.82) is 0 Å². The van der Waals surface area contributed by atoms with Crippen LogP contribution in [0.4, 0.5) is 4.39 Å². The molecule has 3 heteroatoms. The highest BCUT2D eigenvalue weighted by Crippen LogP contribution is 2.59. The van der Waals surface area contributed by atoms with Gasteiger partial charge in [-0.05, 0) is 24.5 Å². The number of hydrogen-bond donors (Lipinski definition) is 0. The fraction of sp³-hybridized carbons (Fsp3) is 0.182. The monoisotopic (exact) mass is 350 g/mol.